The lowest BCUT2D eigenvalue weighted by atomic mass is 10.2. The van der Waals surface area contributed by atoms with Gasteiger partial charge in [0.25, 0.3) is 0 Å². The molecule has 4 heteroatoms. The van der Waals surface area contributed by atoms with Gasteiger partial charge in [0.1, 0.15) is 5.76 Å². The van der Waals surface area contributed by atoms with Gasteiger partial charge in [0.05, 0.1) is 19.4 Å². The van der Waals surface area contributed by atoms with Crippen LogP contribution in [-0.2, 0) is 6.54 Å². The van der Waals surface area contributed by atoms with E-state index in [4.69, 9.17) is 9.52 Å². The van der Waals surface area contributed by atoms with Crippen molar-refractivity contribution in [2.75, 3.05) is 12.9 Å². The summed E-state index contributed by atoms with van der Waals surface area (Å²) >= 11 is 1.67. The third-order valence-electron chi connectivity index (χ3n) is 2.22. The van der Waals surface area contributed by atoms with Crippen LogP contribution in [0.3, 0.4) is 0 Å². The summed E-state index contributed by atoms with van der Waals surface area (Å²) in [5.74, 6) is 0.926. The van der Waals surface area contributed by atoms with Crippen molar-refractivity contribution in [3.05, 3.63) is 24.2 Å². The van der Waals surface area contributed by atoms with E-state index in [-0.39, 0.29) is 17.9 Å². The van der Waals surface area contributed by atoms with Gasteiger partial charge in [-0.25, -0.2) is 0 Å². The molecule has 2 atom stereocenters. The summed E-state index contributed by atoms with van der Waals surface area (Å²) in [5, 5.41) is 12.6. The lowest BCUT2D eigenvalue weighted by Gasteiger charge is -2.20. The van der Waals surface area contributed by atoms with Gasteiger partial charge in [-0.3, -0.25) is 0 Å². The first-order valence-electron chi connectivity index (χ1n) is 4.67. The first-order chi connectivity index (χ1) is 6.77. The maximum atomic E-state index is 9.07. The minimum absolute atomic E-state index is 0.202. The Morgan fingerprint density at radius 2 is 2.43 bits per heavy atom. The van der Waals surface area contributed by atoms with Crippen LogP contribution in [0.1, 0.15) is 12.7 Å². The molecule has 0 saturated carbocycles. The topological polar surface area (TPSA) is 45.4 Å². The number of aliphatic hydroxyl groups is 1. The van der Waals surface area contributed by atoms with E-state index in [1.807, 2.05) is 18.4 Å². The fourth-order valence-corrected chi connectivity index (χ4v) is 1.90. The minimum Gasteiger partial charge on any atom is -0.468 e. The van der Waals surface area contributed by atoms with Crippen LogP contribution in [0.2, 0.25) is 0 Å². The van der Waals surface area contributed by atoms with E-state index in [2.05, 4.69) is 12.2 Å². The molecular weight excluding hydrogens is 198 g/mol. The molecule has 0 radical (unpaired) electrons. The van der Waals surface area contributed by atoms with Crippen LogP contribution in [0.5, 0.6) is 0 Å². The molecule has 0 aliphatic carbocycles. The largest absolute Gasteiger partial charge is 0.468 e. The molecule has 2 unspecified atom stereocenters. The second-order valence-electron chi connectivity index (χ2n) is 3.21. The smallest absolute Gasteiger partial charge is 0.117 e. The first kappa shape index (κ1) is 11.6. The number of hydrogen-bond acceptors (Lipinski definition) is 4. The zero-order chi connectivity index (χ0) is 10.4. The first-order valence-corrected chi connectivity index (χ1v) is 5.96. The van der Waals surface area contributed by atoms with Gasteiger partial charge in [-0.1, -0.05) is 0 Å². The third kappa shape index (κ3) is 3.36. The van der Waals surface area contributed by atoms with Crippen molar-refractivity contribution < 1.29 is 9.52 Å². The van der Waals surface area contributed by atoms with Gasteiger partial charge >= 0.3 is 0 Å². The molecule has 1 aromatic rings. The lowest BCUT2D eigenvalue weighted by Crippen LogP contribution is -2.36. The molecule has 0 aliphatic heterocycles. The van der Waals surface area contributed by atoms with Crippen molar-refractivity contribution in [2.24, 2.45) is 0 Å². The monoisotopic (exact) mass is 215 g/mol. The van der Waals surface area contributed by atoms with Crippen molar-refractivity contribution in [1.29, 1.82) is 0 Å². The predicted octanol–water partition coefficient (Wildman–Crippen LogP) is 1.48. The molecule has 1 heterocycles. The van der Waals surface area contributed by atoms with Crippen LogP contribution < -0.4 is 5.32 Å². The molecule has 14 heavy (non-hydrogen) atoms. The molecule has 0 amide bonds. The number of hydrogen-bond donors (Lipinski definition) is 2. The Morgan fingerprint density at radius 1 is 1.64 bits per heavy atom. The number of thioether (sulfide) groups is 1. The molecule has 1 rings (SSSR count). The molecule has 0 spiro atoms. The summed E-state index contributed by atoms with van der Waals surface area (Å²) in [6, 6.07) is 4.09. The minimum atomic E-state index is 0.202. The Morgan fingerprint density at radius 3 is 2.93 bits per heavy atom. The fourth-order valence-electron chi connectivity index (χ4n) is 1.24. The van der Waals surface area contributed by atoms with Crippen molar-refractivity contribution in [3.8, 4) is 0 Å². The Bertz CT molecular complexity index is 234. The average molecular weight is 215 g/mol. The van der Waals surface area contributed by atoms with Gasteiger partial charge in [0, 0.05) is 11.3 Å². The third-order valence-corrected chi connectivity index (χ3v) is 3.38. The van der Waals surface area contributed by atoms with Crippen LogP contribution in [0.15, 0.2) is 22.8 Å². The van der Waals surface area contributed by atoms with E-state index in [0.29, 0.717) is 6.54 Å². The van der Waals surface area contributed by atoms with E-state index in [0.717, 1.165) is 5.76 Å². The van der Waals surface area contributed by atoms with Crippen LogP contribution in [0, 0.1) is 0 Å². The van der Waals surface area contributed by atoms with E-state index in [1.54, 1.807) is 18.0 Å². The number of furan rings is 1. The van der Waals surface area contributed by atoms with Crippen LogP contribution in [0.25, 0.3) is 0 Å². The lowest BCUT2D eigenvalue weighted by molar-refractivity contribution is 0.274. The average Bonchev–Trinajstić information content (AvgIpc) is 2.69. The summed E-state index contributed by atoms with van der Waals surface area (Å²) in [6.45, 7) is 2.99. The Hall–Kier alpha value is -0.450. The molecule has 3 nitrogen and oxygen atoms in total. The number of rotatable bonds is 6. The normalized spacial score (nSPS) is 15.4. The summed E-state index contributed by atoms with van der Waals surface area (Å²) in [4.78, 5) is 0. The second kappa shape index (κ2) is 6.11. The van der Waals surface area contributed by atoms with E-state index >= 15 is 0 Å². The summed E-state index contributed by atoms with van der Waals surface area (Å²) in [6.07, 6.45) is 3.67. The molecule has 80 valence electrons. The van der Waals surface area contributed by atoms with Crippen LogP contribution in [-0.4, -0.2) is 29.3 Å². The molecular formula is C10H17NO2S. The van der Waals surface area contributed by atoms with Gasteiger partial charge in [-0.05, 0) is 25.3 Å². The zero-order valence-electron chi connectivity index (χ0n) is 8.56. The fraction of sp³-hybridized carbons (Fsp3) is 0.600. The highest BCUT2D eigenvalue weighted by molar-refractivity contribution is 7.99. The Labute approximate surface area is 88.9 Å². The highest BCUT2D eigenvalue weighted by Gasteiger charge is 2.14. The SMILES string of the molecule is CSC(CO)C(C)NCc1ccco1. The maximum absolute atomic E-state index is 9.07. The van der Waals surface area contributed by atoms with Crippen molar-refractivity contribution in [2.45, 2.75) is 24.8 Å². The van der Waals surface area contributed by atoms with Gasteiger partial charge in [-0.2, -0.15) is 11.8 Å². The van der Waals surface area contributed by atoms with Crippen LogP contribution >= 0.6 is 11.8 Å². The standard InChI is InChI=1S/C10H17NO2S/c1-8(10(7-12)14-2)11-6-9-4-3-5-13-9/h3-5,8,10-12H,6-7H2,1-2H3. The van der Waals surface area contributed by atoms with Crippen molar-refractivity contribution in [3.63, 3.8) is 0 Å². The Balaban J connectivity index is 2.30. The van der Waals surface area contributed by atoms with Gasteiger partial charge in [0.15, 0.2) is 0 Å². The number of aliphatic hydroxyl groups excluding tert-OH is 1. The molecule has 0 aliphatic rings. The zero-order valence-corrected chi connectivity index (χ0v) is 9.38. The summed E-state index contributed by atoms with van der Waals surface area (Å²) < 4.78 is 5.20. The number of nitrogens with one attached hydrogen (secondary N) is 1. The van der Waals surface area contributed by atoms with Gasteiger partial charge in [-0.15, -0.1) is 0 Å². The van der Waals surface area contributed by atoms with Gasteiger partial charge < -0.3 is 14.8 Å². The molecule has 0 bridgehead atoms. The quantitative estimate of drug-likeness (QED) is 0.754. The van der Waals surface area contributed by atoms with Crippen molar-refractivity contribution >= 4 is 11.8 Å². The van der Waals surface area contributed by atoms with Crippen molar-refractivity contribution in [1.82, 2.24) is 5.32 Å². The van der Waals surface area contributed by atoms with E-state index in [1.165, 1.54) is 0 Å². The molecule has 1 aromatic heterocycles. The van der Waals surface area contributed by atoms with E-state index in [9.17, 15) is 0 Å². The highest BCUT2D eigenvalue weighted by atomic mass is 32.2. The second-order valence-corrected chi connectivity index (χ2v) is 4.28. The van der Waals surface area contributed by atoms with Crippen LogP contribution in [0.4, 0.5) is 0 Å². The van der Waals surface area contributed by atoms with Gasteiger partial charge in [0.2, 0.25) is 0 Å². The maximum Gasteiger partial charge on any atom is 0.117 e. The predicted molar refractivity (Wildman–Crippen MR) is 59.4 cm³/mol. The summed E-state index contributed by atoms with van der Waals surface area (Å²) in [5.41, 5.74) is 0. The summed E-state index contributed by atoms with van der Waals surface area (Å²) in [7, 11) is 0. The molecule has 0 saturated heterocycles. The van der Waals surface area contributed by atoms with E-state index < -0.39 is 0 Å². The molecule has 0 fully saturated rings. The Kier molecular flexibility index (Phi) is 5.07. The highest BCUT2D eigenvalue weighted by Crippen LogP contribution is 2.11. The molecule has 2 N–H and O–H groups in total. The molecule has 0 aromatic carbocycles.